The number of H-pyrrole nitrogens is 1. The van der Waals surface area contributed by atoms with Crippen LogP contribution in [0.3, 0.4) is 0 Å². The average molecular weight is 176 g/mol. The quantitative estimate of drug-likeness (QED) is 0.606. The van der Waals surface area contributed by atoms with Crippen LogP contribution in [0.25, 0.3) is 11.0 Å². The maximum Gasteiger partial charge on any atom is 0.318 e. The molecule has 1 heterocycles. The number of urea groups is 1. The zero-order valence-electron chi connectivity index (χ0n) is 6.74. The van der Waals surface area contributed by atoms with Crippen LogP contribution in [0.15, 0.2) is 24.3 Å². The predicted molar refractivity (Wildman–Crippen MR) is 49.3 cm³/mol. The Morgan fingerprint density at radius 2 is 2.23 bits per heavy atom. The zero-order chi connectivity index (χ0) is 9.26. The van der Waals surface area contributed by atoms with E-state index in [0.29, 0.717) is 5.95 Å². The molecule has 0 saturated heterocycles. The summed E-state index contributed by atoms with van der Waals surface area (Å²) in [6.07, 6.45) is 0. The summed E-state index contributed by atoms with van der Waals surface area (Å²) in [4.78, 5) is 17.5. The maximum absolute atomic E-state index is 10.5. The fourth-order valence-corrected chi connectivity index (χ4v) is 1.13. The number of imidazole rings is 1. The van der Waals surface area contributed by atoms with Crippen molar-refractivity contribution in [1.29, 1.82) is 0 Å². The number of aromatic nitrogens is 2. The smallest absolute Gasteiger partial charge is 0.318 e. The highest BCUT2D eigenvalue weighted by Gasteiger charge is 2.01. The molecule has 0 aliphatic carbocycles. The summed E-state index contributed by atoms with van der Waals surface area (Å²) in [5.41, 5.74) is 6.60. The lowest BCUT2D eigenvalue weighted by Gasteiger charge is -1.92. The normalized spacial score (nSPS) is 10.2. The first-order chi connectivity index (χ1) is 6.25. The van der Waals surface area contributed by atoms with Crippen LogP contribution >= 0.6 is 0 Å². The van der Waals surface area contributed by atoms with Gasteiger partial charge in [0, 0.05) is 0 Å². The van der Waals surface area contributed by atoms with Crippen molar-refractivity contribution in [2.75, 3.05) is 5.32 Å². The molecule has 0 aliphatic rings. The number of nitrogens with zero attached hydrogens (tertiary/aromatic N) is 1. The van der Waals surface area contributed by atoms with Gasteiger partial charge >= 0.3 is 6.03 Å². The number of amides is 2. The van der Waals surface area contributed by atoms with E-state index < -0.39 is 6.03 Å². The first-order valence-corrected chi connectivity index (χ1v) is 3.77. The Balaban J connectivity index is 2.44. The number of fused-ring (bicyclic) bond motifs is 1. The number of benzene rings is 1. The van der Waals surface area contributed by atoms with Gasteiger partial charge in [0.25, 0.3) is 0 Å². The summed E-state index contributed by atoms with van der Waals surface area (Å²) in [5.74, 6) is 0.369. The summed E-state index contributed by atoms with van der Waals surface area (Å²) in [6.45, 7) is 0. The van der Waals surface area contributed by atoms with Crippen molar-refractivity contribution in [3.05, 3.63) is 24.3 Å². The Labute approximate surface area is 74.0 Å². The number of primary amides is 1. The first kappa shape index (κ1) is 7.60. The van der Waals surface area contributed by atoms with E-state index in [0.717, 1.165) is 11.0 Å². The third-order valence-corrected chi connectivity index (χ3v) is 1.63. The fraction of sp³-hybridized carbons (Fsp3) is 0. The molecule has 2 amide bonds. The maximum atomic E-state index is 10.5. The van der Waals surface area contributed by atoms with E-state index in [9.17, 15) is 4.79 Å². The number of carbonyl (C=O) groups is 1. The highest BCUT2D eigenvalue weighted by Crippen LogP contribution is 2.12. The molecule has 0 bridgehead atoms. The van der Waals surface area contributed by atoms with E-state index in [2.05, 4.69) is 15.3 Å². The number of nitrogens with one attached hydrogen (secondary N) is 2. The minimum absolute atomic E-state index is 0.369. The largest absolute Gasteiger partial charge is 0.351 e. The van der Waals surface area contributed by atoms with Crippen molar-refractivity contribution in [1.82, 2.24) is 9.97 Å². The lowest BCUT2D eigenvalue weighted by Crippen LogP contribution is -2.19. The molecular formula is C8H8N4O. The summed E-state index contributed by atoms with van der Waals surface area (Å²) in [6, 6.07) is 6.84. The van der Waals surface area contributed by atoms with Gasteiger partial charge in [-0.15, -0.1) is 0 Å². The van der Waals surface area contributed by atoms with Crippen LogP contribution in [-0.4, -0.2) is 16.0 Å². The van der Waals surface area contributed by atoms with Crippen LogP contribution in [0.4, 0.5) is 10.7 Å². The minimum atomic E-state index is -0.626. The first-order valence-electron chi connectivity index (χ1n) is 3.77. The molecule has 0 atom stereocenters. The summed E-state index contributed by atoms with van der Waals surface area (Å²) in [7, 11) is 0. The molecule has 0 radical (unpaired) electrons. The Hall–Kier alpha value is -2.04. The SMILES string of the molecule is NC(=O)Nc1nc2ccccc2[nH]1. The molecule has 2 rings (SSSR count). The Morgan fingerprint density at radius 3 is 2.92 bits per heavy atom. The number of anilines is 1. The number of rotatable bonds is 1. The van der Waals surface area contributed by atoms with E-state index >= 15 is 0 Å². The van der Waals surface area contributed by atoms with E-state index in [1.807, 2.05) is 24.3 Å². The third kappa shape index (κ3) is 1.44. The minimum Gasteiger partial charge on any atom is -0.351 e. The van der Waals surface area contributed by atoms with E-state index in [4.69, 9.17) is 5.73 Å². The van der Waals surface area contributed by atoms with Gasteiger partial charge in [0.15, 0.2) is 0 Å². The number of para-hydroxylation sites is 2. The van der Waals surface area contributed by atoms with Crippen LogP contribution in [0.2, 0.25) is 0 Å². The van der Waals surface area contributed by atoms with Gasteiger partial charge in [0.1, 0.15) is 0 Å². The van der Waals surface area contributed by atoms with Crippen molar-refractivity contribution in [3.8, 4) is 0 Å². The number of aromatic amines is 1. The highest BCUT2D eigenvalue weighted by molar-refractivity contribution is 5.88. The van der Waals surface area contributed by atoms with Gasteiger partial charge in [0.2, 0.25) is 5.95 Å². The molecule has 0 fully saturated rings. The van der Waals surface area contributed by atoms with Gasteiger partial charge < -0.3 is 10.7 Å². The fourth-order valence-electron chi connectivity index (χ4n) is 1.13. The molecule has 4 N–H and O–H groups in total. The molecule has 66 valence electrons. The van der Waals surface area contributed by atoms with Crippen molar-refractivity contribution >= 4 is 23.0 Å². The number of nitrogens with two attached hydrogens (primary N) is 1. The van der Waals surface area contributed by atoms with Gasteiger partial charge in [-0.05, 0) is 12.1 Å². The van der Waals surface area contributed by atoms with E-state index in [1.54, 1.807) is 0 Å². The van der Waals surface area contributed by atoms with Gasteiger partial charge in [-0.2, -0.15) is 0 Å². The molecule has 5 nitrogen and oxygen atoms in total. The lowest BCUT2D eigenvalue weighted by molar-refractivity contribution is 0.259. The van der Waals surface area contributed by atoms with Crippen LogP contribution in [0.5, 0.6) is 0 Å². The predicted octanol–water partition coefficient (Wildman–Crippen LogP) is 1.05. The molecule has 0 aliphatic heterocycles. The standard InChI is InChI=1S/C8H8N4O/c9-7(13)12-8-10-5-3-1-2-4-6(5)11-8/h1-4H,(H4,9,10,11,12,13). The van der Waals surface area contributed by atoms with Crippen LogP contribution in [0.1, 0.15) is 0 Å². The van der Waals surface area contributed by atoms with E-state index in [-0.39, 0.29) is 0 Å². The molecule has 2 aromatic rings. The Morgan fingerprint density at radius 1 is 1.46 bits per heavy atom. The van der Waals surface area contributed by atoms with Gasteiger partial charge in [0.05, 0.1) is 11.0 Å². The molecule has 0 spiro atoms. The second-order valence-corrected chi connectivity index (χ2v) is 2.59. The molecule has 1 aromatic carbocycles. The van der Waals surface area contributed by atoms with Gasteiger partial charge in [-0.25, -0.2) is 9.78 Å². The molecular weight excluding hydrogens is 168 g/mol. The molecule has 1 aromatic heterocycles. The Kier molecular flexibility index (Phi) is 1.63. The molecule has 0 unspecified atom stereocenters. The monoisotopic (exact) mass is 176 g/mol. The van der Waals surface area contributed by atoms with Crippen molar-refractivity contribution in [3.63, 3.8) is 0 Å². The second kappa shape index (κ2) is 2.78. The molecule has 5 heteroatoms. The third-order valence-electron chi connectivity index (χ3n) is 1.63. The summed E-state index contributed by atoms with van der Waals surface area (Å²) >= 11 is 0. The second-order valence-electron chi connectivity index (χ2n) is 2.59. The Bertz CT molecular complexity index is 415. The zero-order valence-corrected chi connectivity index (χ0v) is 6.74. The average Bonchev–Trinajstić information content (AvgIpc) is 2.44. The van der Waals surface area contributed by atoms with Crippen LogP contribution < -0.4 is 11.1 Å². The van der Waals surface area contributed by atoms with Crippen molar-refractivity contribution in [2.24, 2.45) is 5.73 Å². The summed E-state index contributed by atoms with van der Waals surface area (Å²) in [5, 5.41) is 2.37. The molecule has 0 saturated carbocycles. The lowest BCUT2D eigenvalue weighted by atomic mass is 10.3. The van der Waals surface area contributed by atoms with Gasteiger partial charge in [-0.1, -0.05) is 12.1 Å². The van der Waals surface area contributed by atoms with E-state index in [1.165, 1.54) is 0 Å². The van der Waals surface area contributed by atoms with Crippen LogP contribution in [0, 0.1) is 0 Å². The highest BCUT2D eigenvalue weighted by atomic mass is 16.2. The number of carbonyl (C=O) groups excluding carboxylic acids is 1. The van der Waals surface area contributed by atoms with Gasteiger partial charge in [-0.3, -0.25) is 5.32 Å². The molecule has 13 heavy (non-hydrogen) atoms. The topological polar surface area (TPSA) is 83.8 Å². The summed E-state index contributed by atoms with van der Waals surface area (Å²) < 4.78 is 0. The number of hydrogen-bond donors (Lipinski definition) is 3. The van der Waals surface area contributed by atoms with Crippen molar-refractivity contribution in [2.45, 2.75) is 0 Å². The van der Waals surface area contributed by atoms with Crippen LogP contribution in [-0.2, 0) is 0 Å². The number of hydrogen-bond acceptors (Lipinski definition) is 2. The van der Waals surface area contributed by atoms with Crippen molar-refractivity contribution < 1.29 is 4.79 Å².